The van der Waals surface area contributed by atoms with Gasteiger partial charge in [-0.3, -0.25) is 9.59 Å². The van der Waals surface area contributed by atoms with E-state index in [0.29, 0.717) is 37.2 Å². The van der Waals surface area contributed by atoms with Gasteiger partial charge in [-0.25, -0.2) is 9.69 Å². The largest absolute Gasteiger partial charge is 0.439 e. The Morgan fingerprint density at radius 1 is 1.20 bits per heavy atom. The van der Waals surface area contributed by atoms with E-state index in [-0.39, 0.29) is 30.9 Å². The number of benzene rings is 1. The number of ether oxygens (including phenoxy) is 1. The summed E-state index contributed by atoms with van der Waals surface area (Å²) in [6.07, 6.45) is 0.717. The maximum Gasteiger partial charge on any atom is 0.417 e. The molecule has 0 saturated carbocycles. The molecule has 2 aliphatic rings. The zero-order valence-electron chi connectivity index (χ0n) is 13.5. The van der Waals surface area contributed by atoms with Crippen molar-refractivity contribution in [2.75, 3.05) is 19.7 Å². The fraction of sp³-hybridized carbons (Fsp3) is 0.412. The summed E-state index contributed by atoms with van der Waals surface area (Å²) in [6.45, 7) is 0.809. The minimum Gasteiger partial charge on any atom is -0.439 e. The molecule has 8 nitrogen and oxygen atoms in total. The van der Waals surface area contributed by atoms with E-state index >= 15 is 0 Å². The fourth-order valence-corrected chi connectivity index (χ4v) is 3.41. The van der Waals surface area contributed by atoms with Gasteiger partial charge in [0, 0.05) is 24.5 Å². The Bertz CT molecular complexity index is 822. The number of aromatic nitrogens is 1. The van der Waals surface area contributed by atoms with Gasteiger partial charge in [-0.15, -0.1) is 0 Å². The summed E-state index contributed by atoms with van der Waals surface area (Å²) in [5, 5.41) is 4.84. The van der Waals surface area contributed by atoms with E-state index in [4.69, 9.17) is 9.26 Å². The molecule has 2 aromatic rings. The molecule has 2 fully saturated rings. The molecule has 0 aliphatic carbocycles. The summed E-state index contributed by atoms with van der Waals surface area (Å²) in [6, 6.07) is 7.23. The standard InChI is InChI=1S/C17H17N3O5/c21-15(9-13-12-3-1-2-4-14(12)25-18-13)19-7-5-11(6-8-19)20-16(22)10-24-17(20)23/h1-4,11H,5-10H2. The van der Waals surface area contributed by atoms with Gasteiger partial charge in [0.25, 0.3) is 5.91 Å². The number of cyclic esters (lactones) is 1. The molecule has 2 aliphatic heterocycles. The lowest BCUT2D eigenvalue weighted by atomic mass is 10.0. The SMILES string of the molecule is O=C(Cc1noc2ccccc12)N1CCC(N2C(=O)COC2=O)CC1. The second-order valence-corrected chi connectivity index (χ2v) is 6.23. The molecule has 1 aromatic carbocycles. The number of hydrogen-bond acceptors (Lipinski definition) is 6. The molecule has 3 amide bonds. The second-order valence-electron chi connectivity index (χ2n) is 6.23. The topological polar surface area (TPSA) is 93.0 Å². The predicted molar refractivity (Wildman–Crippen MR) is 85.5 cm³/mol. The summed E-state index contributed by atoms with van der Waals surface area (Å²) < 4.78 is 9.98. The third-order valence-electron chi connectivity index (χ3n) is 4.74. The number of amides is 3. The van der Waals surface area contributed by atoms with Crippen molar-refractivity contribution in [1.82, 2.24) is 15.0 Å². The Hall–Kier alpha value is -2.90. The summed E-state index contributed by atoms with van der Waals surface area (Å²) >= 11 is 0. The molecule has 0 spiro atoms. The lowest BCUT2D eigenvalue weighted by Crippen LogP contribution is -2.48. The van der Waals surface area contributed by atoms with Gasteiger partial charge >= 0.3 is 6.09 Å². The molecule has 0 atom stereocenters. The van der Waals surface area contributed by atoms with Crippen LogP contribution in [-0.4, -0.2) is 58.6 Å². The molecule has 0 N–H and O–H groups in total. The zero-order valence-corrected chi connectivity index (χ0v) is 13.5. The van der Waals surface area contributed by atoms with Crippen molar-refractivity contribution < 1.29 is 23.6 Å². The van der Waals surface area contributed by atoms with E-state index in [1.165, 1.54) is 4.90 Å². The first-order chi connectivity index (χ1) is 12.1. The first kappa shape index (κ1) is 15.6. The van der Waals surface area contributed by atoms with E-state index in [1.54, 1.807) is 4.90 Å². The fourth-order valence-electron chi connectivity index (χ4n) is 3.41. The van der Waals surface area contributed by atoms with Crippen molar-refractivity contribution in [3.8, 4) is 0 Å². The summed E-state index contributed by atoms with van der Waals surface area (Å²) in [5.41, 5.74) is 1.29. The Balaban J connectivity index is 1.38. The van der Waals surface area contributed by atoms with Gasteiger partial charge in [-0.05, 0) is 25.0 Å². The molecule has 2 saturated heterocycles. The summed E-state index contributed by atoms with van der Waals surface area (Å²) in [7, 11) is 0. The number of rotatable bonds is 3. The number of nitrogens with zero attached hydrogens (tertiary/aromatic N) is 3. The minimum absolute atomic E-state index is 0.0344. The van der Waals surface area contributed by atoms with Crippen LogP contribution < -0.4 is 0 Å². The Labute approximate surface area is 143 Å². The molecule has 3 heterocycles. The number of likely N-dealkylation sites (tertiary alicyclic amines) is 1. The maximum atomic E-state index is 12.5. The van der Waals surface area contributed by atoms with E-state index in [1.807, 2.05) is 24.3 Å². The summed E-state index contributed by atoms with van der Waals surface area (Å²) in [4.78, 5) is 38.8. The van der Waals surface area contributed by atoms with Crippen LogP contribution in [0.3, 0.4) is 0 Å². The molecule has 0 unspecified atom stereocenters. The van der Waals surface area contributed by atoms with Crippen molar-refractivity contribution in [2.24, 2.45) is 0 Å². The summed E-state index contributed by atoms with van der Waals surface area (Å²) in [5.74, 6) is -0.336. The number of fused-ring (bicyclic) bond motifs is 1. The highest BCUT2D eigenvalue weighted by Gasteiger charge is 2.39. The Kier molecular flexibility index (Phi) is 3.87. The first-order valence-electron chi connectivity index (χ1n) is 8.23. The van der Waals surface area contributed by atoms with E-state index in [9.17, 15) is 14.4 Å². The van der Waals surface area contributed by atoms with Crippen LogP contribution in [0.4, 0.5) is 4.79 Å². The zero-order chi connectivity index (χ0) is 17.4. The van der Waals surface area contributed by atoms with E-state index in [0.717, 1.165) is 5.39 Å². The molecule has 1 aromatic heterocycles. The number of carbonyl (C=O) groups excluding carboxylic acids is 3. The quantitative estimate of drug-likeness (QED) is 0.835. The predicted octanol–water partition coefficient (Wildman–Crippen LogP) is 1.34. The van der Waals surface area contributed by atoms with E-state index in [2.05, 4.69) is 5.16 Å². The van der Waals surface area contributed by atoms with Crippen LogP contribution in [0, 0.1) is 0 Å². The van der Waals surface area contributed by atoms with Crippen molar-refractivity contribution in [1.29, 1.82) is 0 Å². The van der Waals surface area contributed by atoms with Gasteiger partial charge in [-0.1, -0.05) is 17.3 Å². The highest BCUT2D eigenvalue weighted by atomic mass is 16.6. The monoisotopic (exact) mass is 343 g/mol. The molecule has 0 radical (unpaired) electrons. The average Bonchev–Trinajstić information content (AvgIpc) is 3.19. The number of carbonyl (C=O) groups is 3. The van der Waals surface area contributed by atoms with Gasteiger partial charge in [0.1, 0.15) is 5.69 Å². The molecule has 25 heavy (non-hydrogen) atoms. The van der Waals surface area contributed by atoms with Crippen LogP contribution in [0.15, 0.2) is 28.8 Å². The average molecular weight is 343 g/mol. The lowest BCUT2D eigenvalue weighted by Gasteiger charge is -2.34. The van der Waals surface area contributed by atoms with E-state index < -0.39 is 6.09 Å². The number of hydrogen-bond donors (Lipinski definition) is 0. The smallest absolute Gasteiger partial charge is 0.417 e. The van der Waals surface area contributed by atoms with Crippen LogP contribution in [0.25, 0.3) is 11.0 Å². The number of para-hydroxylation sites is 1. The van der Waals surface area contributed by atoms with Crippen molar-refractivity contribution in [2.45, 2.75) is 25.3 Å². The van der Waals surface area contributed by atoms with Crippen LogP contribution in [-0.2, 0) is 20.7 Å². The molecular formula is C17H17N3O5. The molecule has 0 bridgehead atoms. The van der Waals surface area contributed by atoms with Gasteiger partial charge in [-0.2, -0.15) is 0 Å². The highest BCUT2D eigenvalue weighted by molar-refractivity contribution is 5.98. The normalized spacial score (nSPS) is 18.9. The third-order valence-corrected chi connectivity index (χ3v) is 4.74. The van der Waals surface area contributed by atoms with Crippen molar-refractivity contribution in [3.05, 3.63) is 30.0 Å². The first-order valence-corrected chi connectivity index (χ1v) is 8.23. The molecule has 130 valence electrons. The van der Waals surface area contributed by atoms with Crippen LogP contribution in [0.2, 0.25) is 0 Å². The van der Waals surface area contributed by atoms with Crippen molar-refractivity contribution >= 4 is 28.9 Å². The van der Waals surface area contributed by atoms with Crippen LogP contribution in [0.5, 0.6) is 0 Å². The van der Waals surface area contributed by atoms with Gasteiger partial charge < -0.3 is 14.2 Å². The van der Waals surface area contributed by atoms with Crippen LogP contribution >= 0.6 is 0 Å². The minimum atomic E-state index is -0.580. The van der Waals surface area contributed by atoms with Crippen LogP contribution in [0.1, 0.15) is 18.5 Å². The second kappa shape index (κ2) is 6.19. The number of piperidine rings is 1. The van der Waals surface area contributed by atoms with Gasteiger partial charge in [0.05, 0.1) is 6.42 Å². The molecule has 8 heteroatoms. The molecule has 4 rings (SSSR count). The Morgan fingerprint density at radius 2 is 1.96 bits per heavy atom. The van der Waals surface area contributed by atoms with Gasteiger partial charge in [0.15, 0.2) is 12.2 Å². The van der Waals surface area contributed by atoms with Crippen molar-refractivity contribution in [3.63, 3.8) is 0 Å². The number of imide groups is 1. The highest BCUT2D eigenvalue weighted by Crippen LogP contribution is 2.23. The lowest BCUT2D eigenvalue weighted by molar-refractivity contribution is -0.132. The van der Waals surface area contributed by atoms with Gasteiger partial charge in [0.2, 0.25) is 5.91 Å². The third kappa shape index (κ3) is 2.84. The molecular weight excluding hydrogens is 326 g/mol. The maximum absolute atomic E-state index is 12.5. The Morgan fingerprint density at radius 3 is 2.68 bits per heavy atom.